The van der Waals surface area contributed by atoms with Gasteiger partial charge in [-0.05, 0) is 30.7 Å². The first-order valence-electron chi connectivity index (χ1n) is 4.29. The van der Waals surface area contributed by atoms with E-state index in [4.69, 9.17) is 11.6 Å². The van der Waals surface area contributed by atoms with Gasteiger partial charge in [0.05, 0.1) is 15.8 Å². The highest BCUT2D eigenvalue weighted by Gasteiger charge is 2.18. The Kier molecular flexibility index (Phi) is 2.28. The van der Waals surface area contributed by atoms with Crippen molar-refractivity contribution in [1.82, 2.24) is 4.98 Å². The summed E-state index contributed by atoms with van der Waals surface area (Å²) >= 11 is 5.83. The molecule has 0 atom stereocenters. The first kappa shape index (κ1) is 9.86. The van der Waals surface area contributed by atoms with Crippen molar-refractivity contribution in [3.63, 3.8) is 0 Å². The molecule has 5 heteroatoms. The molecular formula is C10H7ClN2O2. The number of aromatic nitrogens is 1. The lowest BCUT2D eigenvalue weighted by Crippen LogP contribution is -1.93. The Bertz CT molecular complexity index is 554. The highest BCUT2D eigenvalue weighted by atomic mass is 35.5. The summed E-state index contributed by atoms with van der Waals surface area (Å²) in [5.74, 6) is 0. The van der Waals surface area contributed by atoms with Gasteiger partial charge in [-0.15, -0.1) is 0 Å². The molecule has 1 aromatic heterocycles. The second-order valence-electron chi connectivity index (χ2n) is 3.18. The van der Waals surface area contributed by atoms with Crippen molar-refractivity contribution in [2.75, 3.05) is 0 Å². The lowest BCUT2D eigenvalue weighted by molar-refractivity contribution is -0.382. The lowest BCUT2D eigenvalue weighted by atomic mass is 10.1. The van der Waals surface area contributed by atoms with Gasteiger partial charge in [-0.25, -0.2) is 0 Å². The number of hydrogen-bond donors (Lipinski definition) is 0. The molecule has 0 saturated carbocycles. The van der Waals surface area contributed by atoms with Crippen LogP contribution in [0.5, 0.6) is 0 Å². The zero-order valence-electron chi connectivity index (χ0n) is 7.90. The van der Waals surface area contributed by atoms with E-state index in [9.17, 15) is 10.1 Å². The number of nitro benzene ring substituents is 1. The Morgan fingerprint density at radius 2 is 2.27 bits per heavy atom. The molecule has 2 rings (SSSR count). The van der Waals surface area contributed by atoms with Crippen molar-refractivity contribution in [3.05, 3.63) is 45.1 Å². The number of benzene rings is 1. The van der Waals surface area contributed by atoms with Crippen LogP contribution < -0.4 is 0 Å². The molecule has 4 nitrogen and oxygen atoms in total. The maximum atomic E-state index is 10.8. The van der Waals surface area contributed by atoms with E-state index in [-0.39, 0.29) is 10.7 Å². The summed E-state index contributed by atoms with van der Waals surface area (Å²) in [6.07, 6.45) is 1.60. The fourth-order valence-corrected chi connectivity index (χ4v) is 1.89. The van der Waals surface area contributed by atoms with Gasteiger partial charge < -0.3 is 0 Å². The predicted octanol–water partition coefficient (Wildman–Crippen LogP) is 3.10. The molecular weight excluding hydrogens is 216 g/mol. The molecule has 76 valence electrons. The second kappa shape index (κ2) is 3.47. The molecule has 0 fully saturated rings. The fourth-order valence-electron chi connectivity index (χ4n) is 1.55. The third-order valence-corrected chi connectivity index (χ3v) is 2.48. The maximum Gasteiger partial charge on any atom is 0.297 e. The summed E-state index contributed by atoms with van der Waals surface area (Å²) in [7, 11) is 0. The molecule has 0 saturated heterocycles. The van der Waals surface area contributed by atoms with E-state index in [1.54, 1.807) is 24.4 Å². The van der Waals surface area contributed by atoms with Gasteiger partial charge >= 0.3 is 0 Å². The SMILES string of the molecule is Cc1cc(Cl)c([N+](=O)[O-])c2cccnc12. The Morgan fingerprint density at radius 3 is 2.93 bits per heavy atom. The highest BCUT2D eigenvalue weighted by molar-refractivity contribution is 6.34. The van der Waals surface area contributed by atoms with Crippen LogP contribution in [0.4, 0.5) is 5.69 Å². The van der Waals surface area contributed by atoms with Gasteiger partial charge in [-0.3, -0.25) is 15.1 Å². The third-order valence-electron chi connectivity index (χ3n) is 2.19. The largest absolute Gasteiger partial charge is 0.297 e. The van der Waals surface area contributed by atoms with Crippen LogP contribution in [-0.4, -0.2) is 9.91 Å². The van der Waals surface area contributed by atoms with E-state index >= 15 is 0 Å². The molecule has 15 heavy (non-hydrogen) atoms. The average molecular weight is 223 g/mol. The molecule has 1 heterocycles. The molecule has 0 aliphatic rings. The summed E-state index contributed by atoms with van der Waals surface area (Å²) in [5.41, 5.74) is 1.38. The Balaban J connectivity index is 2.96. The van der Waals surface area contributed by atoms with Crippen molar-refractivity contribution in [2.24, 2.45) is 0 Å². The van der Waals surface area contributed by atoms with Crippen LogP contribution in [0.25, 0.3) is 10.9 Å². The molecule has 0 aliphatic carbocycles. The van der Waals surface area contributed by atoms with Crippen molar-refractivity contribution in [3.8, 4) is 0 Å². The Morgan fingerprint density at radius 1 is 1.53 bits per heavy atom. The summed E-state index contributed by atoms with van der Waals surface area (Å²) in [6.45, 7) is 1.82. The maximum absolute atomic E-state index is 10.8. The Hall–Kier alpha value is -1.68. The average Bonchev–Trinajstić information content (AvgIpc) is 2.17. The van der Waals surface area contributed by atoms with Gasteiger partial charge in [0.1, 0.15) is 5.02 Å². The van der Waals surface area contributed by atoms with E-state index in [1.807, 2.05) is 6.92 Å². The van der Waals surface area contributed by atoms with Crippen molar-refractivity contribution < 1.29 is 4.92 Å². The first-order valence-corrected chi connectivity index (χ1v) is 4.67. The van der Waals surface area contributed by atoms with E-state index < -0.39 is 4.92 Å². The standard InChI is InChI=1S/C10H7ClN2O2/c1-6-5-8(11)10(13(14)15)7-3-2-4-12-9(6)7/h2-5H,1H3. The number of aryl methyl sites for hydroxylation is 1. The van der Waals surface area contributed by atoms with Crippen LogP contribution in [0.3, 0.4) is 0 Å². The molecule has 0 bridgehead atoms. The van der Waals surface area contributed by atoms with Gasteiger partial charge in [0.25, 0.3) is 5.69 Å². The van der Waals surface area contributed by atoms with Gasteiger partial charge in [0.2, 0.25) is 0 Å². The van der Waals surface area contributed by atoms with Crippen LogP contribution in [0, 0.1) is 17.0 Å². The second-order valence-corrected chi connectivity index (χ2v) is 3.59. The van der Waals surface area contributed by atoms with E-state index in [2.05, 4.69) is 4.98 Å². The van der Waals surface area contributed by atoms with E-state index in [0.717, 1.165) is 5.56 Å². The number of rotatable bonds is 1. The number of nitrogens with zero attached hydrogens (tertiary/aromatic N) is 2. The summed E-state index contributed by atoms with van der Waals surface area (Å²) in [6, 6.07) is 4.87. The minimum atomic E-state index is -0.480. The number of halogens is 1. The minimum absolute atomic E-state index is 0.0784. The van der Waals surface area contributed by atoms with Crippen LogP contribution in [0.1, 0.15) is 5.56 Å². The topological polar surface area (TPSA) is 56.0 Å². The normalized spacial score (nSPS) is 10.5. The highest BCUT2D eigenvalue weighted by Crippen LogP contribution is 2.33. The predicted molar refractivity (Wildman–Crippen MR) is 58.1 cm³/mol. The van der Waals surface area contributed by atoms with Crippen molar-refractivity contribution in [2.45, 2.75) is 6.92 Å². The monoisotopic (exact) mass is 222 g/mol. The van der Waals surface area contributed by atoms with Gasteiger partial charge in [0, 0.05) is 6.20 Å². The van der Waals surface area contributed by atoms with Crippen molar-refractivity contribution >= 4 is 28.2 Å². The summed E-state index contributed by atoms with van der Waals surface area (Å²) in [4.78, 5) is 14.5. The van der Waals surface area contributed by atoms with E-state index in [1.165, 1.54) is 0 Å². The molecule has 0 aliphatic heterocycles. The minimum Gasteiger partial charge on any atom is -0.258 e. The zero-order chi connectivity index (χ0) is 11.0. The number of hydrogen-bond acceptors (Lipinski definition) is 3. The first-order chi connectivity index (χ1) is 7.11. The molecule has 0 amide bonds. The van der Waals surface area contributed by atoms with Crippen LogP contribution in [0.2, 0.25) is 5.02 Å². The van der Waals surface area contributed by atoms with E-state index in [0.29, 0.717) is 10.9 Å². The van der Waals surface area contributed by atoms with Crippen LogP contribution >= 0.6 is 11.6 Å². The van der Waals surface area contributed by atoms with Crippen LogP contribution in [-0.2, 0) is 0 Å². The molecule has 0 spiro atoms. The van der Waals surface area contributed by atoms with Crippen LogP contribution in [0.15, 0.2) is 24.4 Å². The molecule has 0 unspecified atom stereocenters. The number of pyridine rings is 1. The molecule has 0 radical (unpaired) electrons. The third kappa shape index (κ3) is 1.53. The van der Waals surface area contributed by atoms with Gasteiger partial charge in [0.15, 0.2) is 0 Å². The van der Waals surface area contributed by atoms with Gasteiger partial charge in [-0.2, -0.15) is 0 Å². The molecule has 2 aromatic rings. The smallest absolute Gasteiger partial charge is 0.258 e. The quantitative estimate of drug-likeness (QED) is 0.550. The number of nitro groups is 1. The summed E-state index contributed by atoms with van der Waals surface area (Å²) in [5, 5.41) is 11.5. The summed E-state index contributed by atoms with van der Waals surface area (Å²) < 4.78 is 0. The lowest BCUT2D eigenvalue weighted by Gasteiger charge is -2.03. The molecule has 1 aromatic carbocycles. The fraction of sp³-hybridized carbons (Fsp3) is 0.100. The van der Waals surface area contributed by atoms with Gasteiger partial charge in [-0.1, -0.05) is 11.6 Å². The number of fused-ring (bicyclic) bond motifs is 1. The van der Waals surface area contributed by atoms with Crippen molar-refractivity contribution in [1.29, 1.82) is 0 Å². The zero-order valence-corrected chi connectivity index (χ0v) is 8.65. The Labute approximate surface area is 90.7 Å². The molecule has 0 N–H and O–H groups in total.